The number of hydrogen-bond acceptors (Lipinski definition) is 2. The van der Waals surface area contributed by atoms with Gasteiger partial charge in [-0.1, -0.05) is 12.2 Å². The third-order valence-corrected chi connectivity index (χ3v) is 2.08. The van der Waals surface area contributed by atoms with E-state index in [9.17, 15) is 4.79 Å². The lowest BCUT2D eigenvalue weighted by Gasteiger charge is -1.96. The predicted octanol–water partition coefficient (Wildman–Crippen LogP) is 2.52. The molecule has 2 N–H and O–H groups in total. The number of carboxylic acid groups (broad SMARTS) is 1. The maximum absolute atomic E-state index is 10.1. The zero-order valence-electron chi connectivity index (χ0n) is 7.98. The van der Waals surface area contributed by atoms with Gasteiger partial charge in [-0.3, -0.25) is 0 Å². The monoisotopic (exact) mass is 270 g/mol. The molecular formula is C10H11BrN2O2. The minimum absolute atomic E-state index is 0.429. The number of halogens is 1. The van der Waals surface area contributed by atoms with Gasteiger partial charge in [-0.15, -0.1) is 0 Å². The minimum Gasteiger partial charge on any atom is -0.465 e. The first-order chi connectivity index (χ1) is 7.18. The van der Waals surface area contributed by atoms with E-state index in [0.29, 0.717) is 13.0 Å². The molecule has 1 rings (SSSR count). The van der Waals surface area contributed by atoms with Crippen LogP contribution in [0.15, 0.2) is 29.0 Å². The van der Waals surface area contributed by atoms with Crippen LogP contribution < -0.4 is 5.32 Å². The van der Waals surface area contributed by atoms with Gasteiger partial charge in [0.2, 0.25) is 0 Å². The van der Waals surface area contributed by atoms with Gasteiger partial charge in [0, 0.05) is 12.7 Å². The normalized spacial score (nSPS) is 10.5. The Morgan fingerprint density at radius 2 is 2.47 bits per heavy atom. The molecule has 0 aliphatic heterocycles. The van der Waals surface area contributed by atoms with Crippen molar-refractivity contribution in [3.63, 3.8) is 0 Å². The van der Waals surface area contributed by atoms with E-state index >= 15 is 0 Å². The van der Waals surface area contributed by atoms with Gasteiger partial charge in [-0.25, -0.2) is 9.78 Å². The molecule has 15 heavy (non-hydrogen) atoms. The highest BCUT2D eigenvalue weighted by Crippen LogP contribution is 2.09. The van der Waals surface area contributed by atoms with Crippen LogP contribution in [0.4, 0.5) is 4.79 Å². The summed E-state index contributed by atoms with van der Waals surface area (Å²) in [7, 11) is 0. The highest BCUT2D eigenvalue weighted by Gasteiger charge is 1.91. The van der Waals surface area contributed by atoms with Crippen molar-refractivity contribution in [2.45, 2.75) is 6.42 Å². The smallest absolute Gasteiger partial charge is 0.404 e. The highest BCUT2D eigenvalue weighted by atomic mass is 79.9. The largest absolute Gasteiger partial charge is 0.465 e. The summed E-state index contributed by atoms with van der Waals surface area (Å²) >= 11 is 3.27. The quantitative estimate of drug-likeness (QED) is 0.653. The van der Waals surface area contributed by atoms with E-state index in [1.165, 1.54) is 0 Å². The van der Waals surface area contributed by atoms with Crippen LogP contribution in [0.25, 0.3) is 6.08 Å². The topological polar surface area (TPSA) is 62.2 Å². The Balaban J connectivity index is 2.35. The van der Waals surface area contributed by atoms with Crippen LogP contribution in [0, 0.1) is 0 Å². The molecule has 80 valence electrons. The standard InChI is InChI=1S/C10H11BrN2O2/c11-9-7-8(4-6-12-9)3-1-2-5-13-10(14)15/h1,3-4,6-7,13H,2,5H2,(H,14,15). The molecule has 4 nitrogen and oxygen atoms in total. The molecule has 0 spiro atoms. The Bertz CT molecular complexity index is 366. The Morgan fingerprint density at radius 1 is 1.67 bits per heavy atom. The van der Waals surface area contributed by atoms with Crippen LogP contribution in [-0.2, 0) is 0 Å². The average Bonchev–Trinajstić information content (AvgIpc) is 2.17. The van der Waals surface area contributed by atoms with E-state index < -0.39 is 6.09 Å². The highest BCUT2D eigenvalue weighted by molar-refractivity contribution is 9.10. The summed E-state index contributed by atoms with van der Waals surface area (Å²) < 4.78 is 0.785. The Morgan fingerprint density at radius 3 is 3.13 bits per heavy atom. The molecule has 5 heteroatoms. The fourth-order valence-electron chi connectivity index (χ4n) is 1.00. The molecule has 1 aromatic rings. The number of pyridine rings is 1. The third-order valence-electron chi connectivity index (χ3n) is 1.65. The zero-order valence-corrected chi connectivity index (χ0v) is 9.57. The van der Waals surface area contributed by atoms with Gasteiger partial charge < -0.3 is 10.4 Å². The van der Waals surface area contributed by atoms with Crippen LogP contribution in [0.5, 0.6) is 0 Å². The van der Waals surface area contributed by atoms with Crippen molar-refractivity contribution in [1.29, 1.82) is 0 Å². The molecule has 0 radical (unpaired) electrons. The molecule has 1 heterocycles. The van der Waals surface area contributed by atoms with Crippen LogP contribution in [0.2, 0.25) is 0 Å². The van der Waals surface area contributed by atoms with Crippen LogP contribution in [0.1, 0.15) is 12.0 Å². The van der Waals surface area contributed by atoms with Crippen molar-refractivity contribution in [2.75, 3.05) is 6.54 Å². The van der Waals surface area contributed by atoms with E-state index in [1.54, 1.807) is 6.20 Å². The SMILES string of the molecule is O=C(O)NCCC=Cc1ccnc(Br)c1. The van der Waals surface area contributed by atoms with Crippen LogP contribution in [0.3, 0.4) is 0 Å². The molecule has 0 fully saturated rings. The number of aromatic nitrogens is 1. The summed E-state index contributed by atoms with van der Waals surface area (Å²) in [6, 6.07) is 3.77. The summed E-state index contributed by atoms with van der Waals surface area (Å²) in [5.41, 5.74) is 1.03. The molecule has 0 saturated heterocycles. The summed E-state index contributed by atoms with van der Waals surface area (Å²) in [6.07, 6.45) is 5.23. The average molecular weight is 271 g/mol. The number of nitrogens with zero attached hydrogens (tertiary/aromatic N) is 1. The van der Waals surface area contributed by atoms with Gasteiger partial charge in [0.1, 0.15) is 4.60 Å². The molecule has 0 unspecified atom stereocenters. The Hall–Kier alpha value is -1.36. The first-order valence-corrected chi connectivity index (χ1v) is 5.22. The molecule has 0 aliphatic rings. The molecule has 1 aromatic heterocycles. The minimum atomic E-state index is -0.991. The van der Waals surface area contributed by atoms with Gasteiger partial charge >= 0.3 is 6.09 Å². The Kier molecular flexibility index (Phi) is 4.83. The fraction of sp³-hybridized carbons (Fsp3) is 0.200. The van der Waals surface area contributed by atoms with E-state index in [1.807, 2.05) is 24.3 Å². The number of amides is 1. The first kappa shape index (κ1) is 11.7. The van der Waals surface area contributed by atoms with E-state index in [2.05, 4.69) is 26.2 Å². The van der Waals surface area contributed by atoms with Crippen molar-refractivity contribution >= 4 is 28.1 Å². The number of rotatable bonds is 4. The van der Waals surface area contributed by atoms with Crippen molar-refractivity contribution in [2.24, 2.45) is 0 Å². The van der Waals surface area contributed by atoms with E-state index in [-0.39, 0.29) is 0 Å². The lowest BCUT2D eigenvalue weighted by atomic mass is 10.2. The van der Waals surface area contributed by atoms with Gasteiger partial charge in [0.05, 0.1) is 0 Å². The Labute approximate surface area is 96.2 Å². The molecule has 0 aliphatic carbocycles. The van der Waals surface area contributed by atoms with Crippen molar-refractivity contribution < 1.29 is 9.90 Å². The van der Waals surface area contributed by atoms with Crippen molar-refractivity contribution in [3.8, 4) is 0 Å². The van der Waals surface area contributed by atoms with Crippen molar-refractivity contribution in [3.05, 3.63) is 34.6 Å². The van der Waals surface area contributed by atoms with Gasteiger partial charge in [0.25, 0.3) is 0 Å². The second-order valence-electron chi connectivity index (χ2n) is 2.83. The molecule has 1 amide bonds. The summed E-state index contributed by atoms with van der Waals surface area (Å²) in [5, 5.41) is 10.6. The maximum atomic E-state index is 10.1. The molecule has 0 saturated carbocycles. The zero-order chi connectivity index (χ0) is 11.1. The lowest BCUT2D eigenvalue weighted by Crippen LogP contribution is -2.21. The summed E-state index contributed by atoms with van der Waals surface area (Å²) in [6.45, 7) is 0.429. The molecule has 0 bridgehead atoms. The predicted molar refractivity (Wildman–Crippen MR) is 61.6 cm³/mol. The lowest BCUT2D eigenvalue weighted by molar-refractivity contribution is 0.194. The number of carbonyl (C=O) groups is 1. The van der Waals surface area contributed by atoms with Crippen molar-refractivity contribution in [1.82, 2.24) is 10.3 Å². The second-order valence-corrected chi connectivity index (χ2v) is 3.65. The summed E-state index contributed by atoms with van der Waals surface area (Å²) in [4.78, 5) is 14.1. The van der Waals surface area contributed by atoms with Crippen LogP contribution in [-0.4, -0.2) is 22.7 Å². The van der Waals surface area contributed by atoms with E-state index in [4.69, 9.17) is 5.11 Å². The van der Waals surface area contributed by atoms with Gasteiger partial charge in [0.15, 0.2) is 0 Å². The molecule has 0 atom stereocenters. The van der Waals surface area contributed by atoms with E-state index in [0.717, 1.165) is 10.2 Å². The molecular weight excluding hydrogens is 260 g/mol. The second kappa shape index (κ2) is 6.19. The summed E-state index contributed by atoms with van der Waals surface area (Å²) in [5.74, 6) is 0. The van der Waals surface area contributed by atoms with Crippen LogP contribution >= 0.6 is 15.9 Å². The third kappa shape index (κ3) is 5.17. The van der Waals surface area contributed by atoms with Gasteiger partial charge in [-0.2, -0.15) is 0 Å². The number of nitrogens with one attached hydrogen (secondary N) is 1. The first-order valence-electron chi connectivity index (χ1n) is 4.43. The number of hydrogen-bond donors (Lipinski definition) is 2. The fourth-order valence-corrected chi connectivity index (χ4v) is 1.39. The molecule has 0 aromatic carbocycles. The maximum Gasteiger partial charge on any atom is 0.404 e. The van der Waals surface area contributed by atoms with Gasteiger partial charge in [-0.05, 0) is 40.0 Å².